The van der Waals surface area contributed by atoms with Crippen LogP contribution >= 0.6 is 35.6 Å². The van der Waals surface area contributed by atoms with Gasteiger partial charge in [0.15, 0.2) is 5.96 Å². The highest BCUT2D eigenvalue weighted by Gasteiger charge is 2.59. The third-order valence-corrected chi connectivity index (χ3v) is 5.90. The molecule has 1 aliphatic heterocycles. The Hall–Kier alpha value is -1.39. The van der Waals surface area contributed by atoms with Crippen molar-refractivity contribution in [3.63, 3.8) is 0 Å². The van der Waals surface area contributed by atoms with Crippen molar-refractivity contribution < 1.29 is 9.26 Å². The maximum absolute atomic E-state index is 6.03. The number of benzene rings is 1. The van der Waals surface area contributed by atoms with Gasteiger partial charge in [-0.1, -0.05) is 42.7 Å². The summed E-state index contributed by atoms with van der Waals surface area (Å²) < 4.78 is 11.2. The summed E-state index contributed by atoms with van der Waals surface area (Å²) in [6.45, 7) is 8.47. The van der Waals surface area contributed by atoms with Crippen LogP contribution < -0.4 is 10.6 Å². The molecule has 2 heterocycles. The second kappa shape index (κ2) is 9.18. The fraction of sp³-hybridized carbons (Fsp3) is 0.550. The summed E-state index contributed by atoms with van der Waals surface area (Å²) in [7, 11) is 0. The van der Waals surface area contributed by atoms with Crippen LogP contribution in [-0.4, -0.2) is 41.4 Å². The Bertz CT molecular complexity index is 872. The summed E-state index contributed by atoms with van der Waals surface area (Å²) in [5.41, 5.74) is 0.904. The van der Waals surface area contributed by atoms with Gasteiger partial charge in [0.2, 0.25) is 11.7 Å². The summed E-state index contributed by atoms with van der Waals surface area (Å²) in [6.07, 6.45) is 1.43. The first kappa shape index (κ1) is 22.3. The van der Waals surface area contributed by atoms with Crippen LogP contribution in [0.4, 0.5) is 0 Å². The number of aliphatic imine (C=N–C) groups is 1. The van der Waals surface area contributed by atoms with Gasteiger partial charge in [0.1, 0.15) is 6.54 Å². The van der Waals surface area contributed by atoms with Gasteiger partial charge in [-0.25, -0.2) is 4.99 Å². The van der Waals surface area contributed by atoms with Gasteiger partial charge in [-0.15, -0.1) is 24.0 Å². The fourth-order valence-corrected chi connectivity index (χ4v) is 4.49. The van der Waals surface area contributed by atoms with Gasteiger partial charge in [-0.2, -0.15) is 4.98 Å². The van der Waals surface area contributed by atoms with Crippen molar-refractivity contribution in [2.24, 2.45) is 16.3 Å². The van der Waals surface area contributed by atoms with Crippen LogP contribution in [0.2, 0.25) is 5.02 Å². The van der Waals surface area contributed by atoms with Gasteiger partial charge >= 0.3 is 0 Å². The Balaban J connectivity index is 0.00000240. The van der Waals surface area contributed by atoms with Gasteiger partial charge in [-0.3, -0.25) is 0 Å². The van der Waals surface area contributed by atoms with Crippen LogP contribution in [-0.2, 0) is 11.3 Å². The van der Waals surface area contributed by atoms with Crippen LogP contribution in [0.25, 0.3) is 11.4 Å². The van der Waals surface area contributed by atoms with E-state index in [9.17, 15) is 0 Å². The summed E-state index contributed by atoms with van der Waals surface area (Å²) in [5, 5.41) is 11.6. The topological polar surface area (TPSA) is 84.6 Å². The molecule has 1 aliphatic carbocycles. The summed E-state index contributed by atoms with van der Waals surface area (Å²) >= 11 is 6.03. The van der Waals surface area contributed by atoms with Crippen molar-refractivity contribution >= 4 is 41.5 Å². The van der Waals surface area contributed by atoms with E-state index in [1.54, 1.807) is 0 Å². The highest BCUT2D eigenvalue weighted by atomic mass is 127. The third kappa shape index (κ3) is 4.54. The van der Waals surface area contributed by atoms with E-state index in [1.165, 1.54) is 0 Å². The first-order valence-corrected chi connectivity index (χ1v) is 10.1. The predicted octanol–water partition coefficient (Wildman–Crippen LogP) is 3.88. The lowest BCUT2D eigenvalue weighted by molar-refractivity contribution is -0.106. The fourth-order valence-electron chi connectivity index (χ4n) is 4.30. The van der Waals surface area contributed by atoms with Crippen molar-refractivity contribution in [3.05, 3.63) is 35.2 Å². The normalized spacial score (nSPS) is 25.0. The summed E-state index contributed by atoms with van der Waals surface area (Å²) in [4.78, 5) is 9.07. The Kier molecular flexibility index (Phi) is 7.06. The van der Waals surface area contributed by atoms with Gasteiger partial charge in [0.05, 0.1) is 6.10 Å². The van der Waals surface area contributed by atoms with Crippen molar-refractivity contribution in [3.8, 4) is 11.4 Å². The molecule has 2 N–H and O–H groups in total. The maximum atomic E-state index is 6.03. The number of halogens is 2. The maximum Gasteiger partial charge on any atom is 0.248 e. The molecule has 0 spiro atoms. The number of hydrogen-bond acceptors (Lipinski definition) is 5. The Morgan fingerprint density at radius 3 is 2.97 bits per heavy atom. The molecular formula is C20H27ClIN5O2. The van der Waals surface area contributed by atoms with Crippen LogP contribution in [0.3, 0.4) is 0 Å². The summed E-state index contributed by atoms with van der Waals surface area (Å²) in [5.74, 6) is 2.27. The molecule has 0 bridgehead atoms. The largest absolute Gasteiger partial charge is 0.377 e. The number of aromatic nitrogens is 2. The number of fused-ring (bicyclic) bond motifs is 1. The highest BCUT2D eigenvalue weighted by Crippen LogP contribution is 2.52. The number of nitrogens with one attached hydrogen (secondary N) is 2. The van der Waals surface area contributed by atoms with Crippen molar-refractivity contribution in [2.45, 2.75) is 45.9 Å². The minimum atomic E-state index is 0. The first-order valence-electron chi connectivity index (χ1n) is 9.74. The highest BCUT2D eigenvalue weighted by molar-refractivity contribution is 14.0. The van der Waals surface area contributed by atoms with Crippen LogP contribution in [0.1, 0.15) is 33.1 Å². The smallest absolute Gasteiger partial charge is 0.248 e. The molecular weight excluding hydrogens is 505 g/mol. The molecule has 0 amide bonds. The molecule has 4 rings (SSSR count). The molecule has 158 valence electrons. The van der Waals surface area contributed by atoms with E-state index in [1.807, 2.05) is 24.3 Å². The van der Waals surface area contributed by atoms with Crippen molar-refractivity contribution in [1.29, 1.82) is 0 Å². The zero-order chi connectivity index (χ0) is 19.7. The monoisotopic (exact) mass is 531 g/mol. The van der Waals surface area contributed by atoms with Gasteiger partial charge in [0.25, 0.3) is 0 Å². The van der Waals surface area contributed by atoms with Gasteiger partial charge in [-0.05, 0) is 25.5 Å². The molecule has 7 nitrogen and oxygen atoms in total. The molecule has 3 unspecified atom stereocenters. The average Bonchev–Trinajstić information content (AvgIpc) is 3.32. The predicted molar refractivity (Wildman–Crippen MR) is 124 cm³/mol. The third-order valence-electron chi connectivity index (χ3n) is 5.66. The number of rotatable bonds is 5. The van der Waals surface area contributed by atoms with Gasteiger partial charge in [0, 0.05) is 41.1 Å². The number of guanidine groups is 1. The van der Waals surface area contributed by atoms with E-state index >= 15 is 0 Å². The number of ether oxygens (including phenoxy) is 1. The Morgan fingerprint density at radius 2 is 2.21 bits per heavy atom. The standard InChI is InChI=1S/C20H26ClN5O2.HI/c1-4-22-19(25-16-14-8-9-27-17(14)20(16,2)3)23-11-15-24-18(26-28-15)12-6-5-7-13(21)10-12;/h5-7,10,14,16-17H,4,8-9,11H2,1-3H3,(H2,22,23,25);1H. The van der Waals surface area contributed by atoms with Crippen LogP contribution in [0, 0.1) is 11.3 Å². The average molecular weight is 532 g/mol. The number of nitrogens with zero attached hydrogens (tertiary/aromatic N) is 3. The lowest BCUT2D eigenvalue weighted by atomic mass is 9.57. The molecule has 3 atom stereocenters. The van der Waals surface area contributed by atoms with E-state index in [-0.39, 0.29) is 29.4 Å². The SMILES string of the molecule is CCNC(=NCc1nc(-c2cccc(Cl)c2)no1)NC1C2CCOC2C1(C)C.I. The lowest BCUT2D eigenvalue weighted by Gasteiger charge is -2.54. The van der Waals surface area contributed by atoms with Crippen LogP contribution in [0.15, 0.2) is 33.8 Å². The molecule has 1 saturated heterocycles. The van der Waals surface area contributed by atoms with Gasteiger partial charge < -0.3 is 19.9 Å². The molecule has 1 saturated carbocycles. The van der Waals surface area contributed by atoms with E-state index in [4.69, 9.17) is 20.9 Å². The molecule has 1 aromatic carbocycles. The molecule has 0 radical (unpaired) electrons. The van der Waals surface area contributed by atoms with Crippen LogP contribution in [0.5, 0.6) is 0 Å². The molecule has 2 aromatic rings. The van der Waals surface area contributed by atoms with E-state index in [0.717, 1.165) is 31.1 Å². The van der Waals surface area contributed by atoms with Crippen molar-refractivity contribution in [2.75, 3.05) is 13.2 Å². The van der Waals surface area contributed by atoms with E-state index < -0.39 is 0 Å². The molecule has 1 aromatic heterocycles. The van der Waals surface area contributed by atoms with E-state index in [2.05, 4.69) is 46.5 Å². The summed E-state index contributed by atoms with van der Waals surface area (Å²) in [6, 6.07) is 7.71. The quantitative estimate of drug-likeness (QED) is 0.346. The lowest BCUT2D eigenvalue weighted by Crippen LogP contribution is -2.67. The Morgan fingerprint density at radius 1 is 1.38 bits per heavy atom. The second-order valence-corrected chi connectivity index (χ2v) is 8.34. The van der Waals surface area contributed by atoms with E-state index in [0.29, 0.717) is 41.3 Å². The van der Waals surface area contributed by atoms with Crippen molar-refractivity contribution in [1.82, 2.24) is 20.8 Å². The zero-order valence-corrected chi connectivity index (χ0v) is 19.9. The molecule has 2 aliphatic rings. The minimum absolute atomic E-state index is 0. The minimum Gasteiger partial charge on any atom is -0.377 e. The number of hydrogen-bond donors (Lipinski definition) is 2. The molecule has 29 heavy (non-hydrogen) atoms. The Labute approximate surface area is 193 Å². The zero-order valence-electron chi connectivity index (χ0n) is 16.8. The first-order chi connectivity index (χ1) is 13.5. The molecule has 9 heteroatoms. The second-order valence-electron chi connectivity index (χ2n) is 7.90. The molecule has 2 fully saturated rings.